The van der Waals surface area contributed by atoms with Crippen LogP contribution in [0.4, 0.5) is 10.1 Å². The summed E-state index contributed by atoms with van der Waals surface area (Å²) in [6.45, 7) is 0.0532. The molecule has 2 rings (SSSR count). The van der Waals surface area contributed by atoms with Gasteiger partial charge in [0.25, 0.3) is 0 Å². The Labute approximate surface area is 111 Å². The van der Waals surface area contributed by atoms with Crippen molar-refractivity contribution in [3.8, 4) is 5.75 Å². The van der Waals surface area contributed by atoms with Gasteiger partial charge >= 0.3 is 0 Å². The molecule has 1 heterocycles. The van der Waals surface area contributed by atoms with Gasteiger partial charge in [0.15, 0.2) is 11.6 Å². The number of benzene rings is 1. The van der Waals surface area contributed by atoms with Gasteiger partial charge < -0.3 is 15.7 Å². The lowest BCUT2D eigenvalue weighted by molar-refractivity contribution is -0.123. The van der Waals surface area contributed by atoms with E-state index in [0.29, 0.717) is 4.47 Å². The third-order valence-electron chi connectivity index (χ3n) is 2.83. The van der Waals surface area contributed by atoms with Gasteiger partial charge in [-0.2, -0.15) is 0 Å². The Morgan fingerprint density at radius 3 is 2.78 bits per heavy atom. The van der Waals surface area contributed by atoms with Crippen LogP contribution in [0.3, 0.4) is 0 Å². The van der Waals surface area contributed by atoms with Crippen molar-refractivity contribution in [1.82, 2.24) is 0 Å². The maximum absolute atomic E-state index is 13.4. The molecule has 0 aliphatic carbocycles. The van der Waals surface area contributed by atoms with E-state index in [4.69, 9.17) is 5.73 Å². The summed E-state index contributed by atoms with van der Waals surface area (Å²) in [6.07, 6.45) is -0.0249. The second-order valence-corrected chi connectivity index (χ2v) is 4.98. The number of phenolic OH excluding ortho intramolecular Hbond substituents is 1. The standard InChI is InChI=1S/C11H10BrFN2O3/c12-6-2-7(13)10(17)8(3-6)15-4-5(11(14)18)1-9(15)16/h2-3,5,17H,1,4H2,(H2,14,18). The molecule has 1 aliphatic rings. The summed E-state index contributed by atoms with van der Waals surface area (Å²) >= 11 is 3.08. The van der Waals surface area contributed by atoms with Gasteiger partial charge in [0.2, 0.25) is 11.8 Å². The number of aromatic hydroxyl groups is 1. The molecule has 1 aromatic carbocycles. The van der Waals surface area contributed by atoms with Crippen molar-refractivity contribution in [2.75, 3.05) is 11.4 Å². The van der Waals surface area contributed by atoms with Crippen molar-refractivity contribution in [1.29, 1.82) is 0 Å². The minimum atomic E-state index is -0.838. The molecular formula is C11H10BrFN2O3. The number of carbonyl (C=O) groups excluding carboxylic acids is 2. The summed E-state index contributed by atoms with van der Waals surface area (Å²) in [5.74, 6) is -3.02. The van der Waals surface area contributed by atoms with E-state index >= 15 is 0 Å². The molecule has 0 spiro atoms. The Morgan fingerprint density at radius 1 is 1.56 bits per heavy atom. The molecule has 1 atom stereocenters. The smallest absolute Gasteiger partial charge is 0.227 e. The predicted molar refractivity (Wildman–Crippen MR) is 65.4 cm³/mol. The lowest BCUT2D eigenvalue weighted by atomic mass is 10.1. The van der Waals surface area contributed by atoms with Crippen molar-refractivity contribution < 1.29 is 19.1 Å². The summed E-state index contributed by atoms with van der Waals surface area (Å²) in [4.78, 5) is 23.9. The fourth-order valence-corrected chi connectivity index (χ4v) is 2.31. The highest BCUT2D eigenvalue weighted by Crippen LogP contribution is 2.36. The van der Waals surface area contributed by atoms with Crippen molar-refractivity contribution >= 4 is 33.4 Å². The van der Waals surface area contributed by atoms with Gasteiger partial charge in [-0.05, 0) is 12.1 Å². The highest BCUT2D eigenvalue weighted by Gasteiger charge is 2.35. The van der Waals surface area contributed by atoms with Gasteiger partial charge in [-0.15, -0.1) is 0 Å². The topological polar surface area (TPSA) is 83.6 Å². The quantitative estimate of drug-likeness (QED) is 0.858. The zero-order valence-electron chi connectivity index (χ0n) is 9.19. The van der Waals surface area contributed by atoms with E-state index in [-0.39, 0.29) is 24.6 Å². The van der Waals surface area contributed by atoms with Gasteiger partial charge in [0, 0.05) is 17.4 Å². The Bertz CT molecular complexity index is 535. The van der Waals surface area contributed by atoms with E-state index in [1.54, 1.807) is 0 Å². The highest BCUT2D eigenvalue weighted by molar-refractivity contribution is 9.10. The Hall–Kier alpha value is -1.63. The van der Waals surface area contributed by atoms with Gasteiger partial charge in [0.1, 0.15) is 0 Å². The summed E-state index contributed by atoms with van der Waals surface area (Å²) in [5.41, 5.74) is 5.17. The van der Waals surface area contributed by atoms with Crippen molar-refractivity contribution in [2.24, 2.45) is 11.7 Å². The van der Waals surface area contributed by atoms with Crippen LogP contribution in [0.25, 0.3) is 0 Å². The molecule has 1 saturated heterocycles. The maximum atomic E-state index is 13.4. The third kappa shape index (κ3) is 2.17. The van der Waals surface area contributed by atoms with Gasteiger partial charge in [-0.25, -0.2) is 4.39 Å². The fraction of sp³-hybridized carbons (Fsp3) is 0.273. The molecule has 2 amide bonds. The molecule has 3 N–H and O–H groups in total. The molecule has 1 aliphatic heterocycles. The summed E-state index contributed by atoms with van der Waals surface area (Å²) in [5, 5.41) is 9.62. The number of carbonyl (C=O) groups is 2. The normalized spacial score (nSPS) is 19.3. The summed E-state index contributed by atoms with van der Waals surface area (Å²) in [6, 6.07) is 2.50. The van der Waals surface area contributed by atoms with Crippen LogP contribution in [0.1, 0.15) is 6.42 Å². The van der Waals surface area contributed by atoms with Gasteiger partial charge in [-0.3, -0.25) is 9.59 Å². The molecule has 0 bridgehead atoms. The first kappa shape index (κ1) is 12.8. The van der Waals surface area contributed by atoms with Crippen molar-refractivity contribution in [3.63, 3.8) is 0 Å². The first-order valence-electron chi connectivity index (χ1n) is 5.18. The fourth-order valence-electron chi connectivity index (χ4n) is 1.89. The van der Waals surface area contributed by atoms with Crippen molar-refractivity contribution in [2.45, 2.75) is 6.42 Å². The number of primary amides is 1. The molecule has 0 saturated carbocycles. The number of nitrogens with zero attached hydrogens (tertiary/aromatic N) is 1. The lowest BCUT2D eigenvalue weighted by Gasteiger charge is -2.18. The van der Waals surface area contributed by atoms with E-state index in [2.05, 4.69) is 15.9 Å². The second-order valence-electron chi connectivity index (χ2n) is 4.06. The van der Waals surface area contributed by atoms with E-state index in [0.717, 1.165) is 6.07 Å². The SMILES string of the molecule is NC(=O)C1CC(=O)N(c2cc(Br)cc(F)c2O)C1. The molecule has 5 nitrogen and oxygen atoms in total. The third-order valence-corrected chi connectivity index (χ3v) is 3.28. The number of hydrogen-bond acceptors (Lipinski definition) is 3. The Kier molecular flexibility index (Phi) is 3.25. The first-order valence-corrected chi connectivity index (χ1v) is 5.97. The zero-order valence-corrected chi connectivity index (χ0v) is 10.8. The van der Waals surface area contributed by atoms with E-state index in [1.165, 1.54) is 11.0 Å². The van der Waals surface area contributed by atoms with Crippen LogP contribution < -0.4 is 10.6 Å². The van der Waals surface area contributed by atoms with Crippen LogP contribution in [0, 0.1) is 11.7 Å². The molecule has 1 aromatic rings. The summed E-state index contributed by atoms with van der Waals surface area (Å²) < 4.78 is 13.8. The lowest BCUT2D eigenvalue weighted by Crippen LogP contribution is -2.28. The van der Waals surface area contributed by atoms with Crippen LogP contribution in [-0.4, -0.2) is 23.5 Å². The number of anilines is 1. The van der Waals surface area contributed by atoms with Crippen LogP contribution in [0.2, 0.25) is 0 Å². The average molecular weight is 317 g/mol. The van der Waals surface area contributed by atoms with Crippen LogP contribution in [0.15, 0.2) is 16.6 Å². The Morgan fingerprint density at radius 2 is 2.22 bits per heavy atom. The maximum Gasteiger partial charge on any atom is 0.227 e. The van der Waals surface area contributed by atoms with Crippen LogP contribution in [0.5, 0.6) is 5.75 Å². The zero-order chi connectivity index (χ0) is 13.4. The molecule has 7 heteroatoms. The number of rotatable bonds is 2. The molecule has 0 radical (unpaired) electrons. The second kappa shape index (κ2) is 4.56. The molecule has 1 unspecified atom stereocenters. The molecule has 18 heavy (non-hydrogen) atoms. The number of halogens is 2. The van der Waals surface area contributed by atoms with Crippen molar-refractivity contribution in [3.05, 3.63) is 22.4 Å². The van der Waals surface area contributed by atoms with Gasteiger partial charge in [0.05, 0.1) is 11.6 Å². The largest absolute Gasteiger partial charge is 0.503 e. The van der Waals surface area contributed by atoms with E-state index < -0.39 is 23.4 Å². The Balaban J connectivity index is 2.38. The predicted octanol–water partition coefficient (Wildman–Crippen LogP) is 1.13. The summed E-state index contributed by atoms with van der Waals surface area (Å²) in [7, 11) is 0. The average Bonchev–Trinajstić information content (AvgIpc) is 2.66. The molecule has 1 fully saturated rings. The monoisotopic (exact) mass is 316 g/mol. The highest BCUT2D eigenvalue weighted by atomic mass is 79.9. The van der Waals surface area contributed by atoms with Crippen LogP contribution >= 0.6 is 15.9 Å². The molecular weight excluding hydrogens is 307 g/mol. The molecule has 96 valence electrons. The minimum Gasteiger partial charge on any atom is -0.503 e. The first-order chi connectivity index (χ1) is 8.40. The van der Waals surface area contributed by atoms with E-state index in [1.807, 2.05) is 0 Å². The number of nitrogens with two attached hydrogens (primary N) is 1. The van der Waals surface area contributed by atoms with Crippen LogP contribution in [-0.2, 0) is 9.59 Å². The molecule has 0 aromatic heterocycles. The van der Waals surface area contributed by atoms with E-state index in [9.17, 15) is 19.1 Å². The number of amides is 2. The number of hydrogen-bond donors (Lipinski definition) is 2. The number of phenols is 1. The minimum absolute atomic E-state index is 0.0249. The van der Waals surface area contributed by atoms with Gasteiger partial charge in [-0.1, -0.05) is 15.9 Å².